The number of anilines is 1. The molecule has 0 aliphatic carbocycles. The number of aromatic nitrogens is 1. The second-order valence-electron chi connectivity index (χ2n) is 4.90. The lowest BCUT2D eigenvalue weighted by Crippen LogP contribution is -2.48. The van der Waals surface area contributed by atoms with Gasteiger partial charge in [-0.3, -0.25) is 14.9 Å². The lowest BCUT2D eigenvalue weighted by molar-refractivity contribution is -0.384. The van der Waals surface area contributed by atoms with Gasteiger partial charge in [-0.05, 0) is 12.1 Å². The first-order chi connectivity index (χ1) is 10.6. The zero-order valence-corrected chi connectivity index (χ0v) is 12.5. The van der Waals surface area contributed by atoms with Gasteiger partial charge in [-0.2, -0.15) is 0 Å². The van der Waals surface area contributed by atoms with Crippen LogP contribution in [0.5, 0.6) is 0 Å². The molecule has 1 amide bonds. The average Bonchev–Trinajstić information content (AvgIpc) is 3.09. The van der Waals surface area contributed by atoms with E-state index in [1.807, 2.05) is 5.38 Å². The minimum atomic E-state index is -0.471. The van der Waals surface area contributed by atoms with E-state index in [9.17, 15) is 14.9 Å². The summed E-state index contributed by atoms with van der Waals surface area (Å²) in [7, 11) is 0. The molecule has 0 saturated carbocycles. The van der Waals surface area contributed by atoms with E-state index in [4.69, 9.17) is 0 Å². The molecule has 0 atom stereocenters. The second kappa shape index (κ2) is 6.10. The third kappa shape index (κ3) is 2.91. The van der Waals surface area contributed by atoms with Crippen molar-refractivity contribution in [3.05, 3.63) is 51.5 Å². The van der Waals surface area contributed by atoms with E-state index < -0.39 is 4.92 Å². The number of non-ortho nitro benzene ring substituents is 1. The molecular formula is C14H14N4O3S. The number of piperazine rings is 1. The Labute approximate surface area is 131 Å². The molecule has 8 heteroatoms. The van der Waals surface area contributed by atoms with E-state index in [1.54, 1.807) is 22.4 Å². The number of nitrogens with zero attached hydrogens (tertiary/aromatic N) is 4. The van der Waals surface area contributed by atoms with Crippen molar-refractivity contribution in [3.8, 4) is 0 Å². The van der Waals surface area contributed by atoms with Crippen LogP contribution in [0.3, 0.4) is 0 Å². The highest BCUT2D eigenvalue weighted by molar-refractivity contribution is 7.13. The van der Waals surface area contributed by atoms with Crippen molar-refractivity contribution < 1.29 is 9.72 Å². The van der Waals surface area contributed by atoms with Gasteiger partial charge in [0.15, 0.2) is 5.13 Å². The Kier molecular flexibility index (Phi) is 4.01. The summed E-state index contributed by atoms with van der Waals surface area (Å²) >= 11 is 1.59. The van der Waals surface area contributed by atoms with Crippen molar-refractivity contribution in [1.29, 1.82) is 0 Å². The predicted octanol–water partition coefficient (Wildman–Crippen LogP) is 2.01. The van der Waals surface area contributed by atoms with Crippen molar-refractivity contribution in [1.82, 2.24) is 9.88 Å². The molecule has 0 bridgehead atoms. The summed E-state index contributed by atoms with van der Waals surface area (Å²) in [6.45, 7) is 2.73. The Balaban J connectivity index is 1.63. The average molecular weight is 318 g/mol. The molecule has 0 spiro atoms. The van der Waals surface area contributed by atoms with Gasteiger partial charge < -0.3 is 9.80 Å². The monoisotopic (exact) mass is 318 g/mol. The maximum atomic E-state index is 12.4. The summed E-state index contributed by atoms with van der Waals surface area (Å²) in [5.74, 6) is -0.0892. The fourth-order valence-electron chi connectivity index (χ4n) is 2.38. The van der Waals surface area contributed by atoms with Gasteiger partial charge in [-0.1, -0.05) is 0 Å². The summed E-state index contributed by atoms with van der Waals surface area (Å²) in [6, 6.07) is 5.74. The SMILES string of the molecule is O=C(c1ccc([N+](=O)[O-])cc1)N1CCN(c2nccs2)CC1. The molecule has 2 aromatic rings. The smallest absolute Gasteiger partial charge is 0.269 e. The van der Waals surface area contributed by atoms with E-state index in [0.717, 1.165) is 18.2 Å². The maximum Gasteiger partial charge on any atom is 0.269 e. The van der Waals surface area contributed by atoms with Crippen LogP contribution in [-0.4, -0.2) is 46.9 Å². The topological polar surface area (TPSA) is 79.6 Å². The standard InChI is InChI=1S/C14H14N4O3S/c19-13(11-1-3-12(4-2-11)18(20)21)16-6-8-17(9-7-16)14-15-5-10-22-14/h1-5,10H,6-9H2. The number of amides is 1. The fourth-order valence-corrected chi connectivity index (χ4v) is 3.08. The number of benzene rings is 1. The Bertz CT molecular complexity index is 664. The van der Waals surface area contributed by atoms with Crippen molar-refractivity contribution in [3.63, 3.8) is 0 Å². The Morgan fingerprint density at radius 2 is 1.86 bits per heavy atom. The number of nitro groups is 1. The molecule has 7 nitrogen and oxygen atoms in total. The molecule has 0 radical (unpaired) electrons. The van der Waals surface area contributed by atoms with E-state index in [1.165, 1.54) is 24.3 Å². The molecule has 0 unspecified atom stereocenters. The van der Waals surface area contributed by atoms with Crippen LogP contribution in [-0.2, 0) is 0 Å². The first-order valence-corrected chi connectivity index (χ1v) is 7.71. The highest BCUT2D eigenvalue weighted by Crippen LogP contribution is 2.20. The number of thiazole rings is 1. The molecule has 2 heterocycles. The molecule has 1 saturated heterocycles. The molecule has 1 aromatic heterocycles. The van der Waals surface area contributed by atoms with Crippen molar-refractivity contribution >= 4 is 28.1 Å². The lowest BCUT2D eigenvalue weighted by atomic mass is 10.1. The van der Waals surface area contributed by atoms with Crippen molar-refractivity contribution in [2.24, 2.45) is 0 Å². The third-order valence-corrected chi connectivity index (χ3v) is 4.41. The van der Waals surface area contributed by atoms with Gasteiger partial charge >= 0.3 is 0 Å². The molecule has 1 aromatic carbocycles. The second-order valence-corrected chi connectivity index (χ2v) is 5.77. The number of rotatable bonds is 3. The quantitative estimate of drug-likeness (QED) is 0.639. The van der Waals surface area contributed by atoms with Crippen LogP contribution in [0.2, 0.25) is 0 Å². The van der Waals surface area contributed by atoms with Gasteiger partial charge in [-0.15, -0.1) is 11.3 Å². The van der Waals surface area contributed by atoms with Crippen LogP contribution in [0.25, 0.3) is 0 Å². The Morgan fingerprint density at radius 3 is 2.41 bits per heavy atom. The molecule has 3 rings (SSSR count). The summed E-state index contributed by atoms with van der Waals surface area (Å²) < 4.78 is 0. The minimum absolute atomic E-state index is 0.00913. The van der Waals surface area contributed by atoms with Gasteiger partial charge in [0.1, 0.15) is 0 Å². The largest absolute Gasteiger partial charge is 0.345 e. The highest BCUT2D eigenvalue weighted by Gasteiger charge is 2.23. The summed E-state index contributed by atoms with van der Waals surface area (Å²) in [5, 5.41) is 13.5. The fraction of sp³-hybridized carbons (Fsp3) is 0.286. The van der Waals surface area contributed by atoms with Crippen LogP contribution in [0.15, 0.2) is 35.8 Å². The van der Waals surface area contributed by atoms with E-state index in [2.05, 4.69) is 9.88 Å². The molecule has 1 aliphatic heterocycles. The molecule has 22 heavy (non-hydrogen) atoms. The zero-order chi connectivity index (χ0) is 15.5. The normalized spacial score (nSPS) is 14.9. The molecule has 1 fully saturated rings. The number of carbonyl (C=O) groups excluding carboxylic acids is 1. The van der Waals surface area contributed by atoms with Crippen LogP contribution >= 0.6 is 11.3 Å². The number of nitro benzene ring substituents is 1. The van der Waals surface area contributed by atoms with Crippen molar-refractivity contribution in [2.75, 3.05) is 31.1 Å². The minimum Gasteiger partial charge on any atom is -0.345 e. The Hall–Kier alpha value is -2.48. The van der Waals surface area contributed by atoms with Crippen molar-refractivity contribution in [2.45, 2.75) is 0 Å². The van der Waals surface area contributed by atoms with E-state index in [-0.39, 0.29) is 11.6 Å². The number of carbonyl (C=O) groups is 1. The van der Waals surface area contributed by atoms with Gasteiger partial charge in [-0.25, -0.2) is 4.98 Å². The van der Waals surface area contributed by atoms with Crippen LogP contribution < -0.4 is 4.90 Å². The van der Waals surface area contributed by atoms with E-state index >= 15 is 0 Å². The highest BCUT2D eigenvalue weighted by atomic mass is 32.1. The summed E-state index contributed by atoms with van der Waals surface area (Å²) in [5.41, 5.74) is 0.471. The van der Waals surface area contributed by atoms with Gasteiger partial charge in [0.2, 0.25) is 0 Å². The molecule has 114 valence electrons. The Morgan fingerprint density at radius 1 is 1.18 bits per heavy atom. The number of hydrogen-bond donors (Lipinski definition) is 0. The maximum absolute atomic E-state index is 12.4. The zero-order valence-electron chi connectivity index (χ0n) is 11.7. The number of hydrogen-bond acceptors (Lipinski definition) is 6. The summed E-state index contributed by atoms with van der Waals surface area (Å²) in [6.07, 6.45) is 1.77. The van der Waals surface area contributed by atoms with Gasteiger partial charge in [0, 0.05) is 55.5 Å². The predicted molar refractivity (Wildman–Crippen MR) is 83.3 cm³/mol. The molecule has 0 N–H and O–H groups in total. The van der Waals surface area contributed by atoms with Crippen LogP contribution in [0.4, 0.5) is 10.8 Å². The van der Waals surface area contributed by atoms with Crippen LogP contribution in [0.1, 0.15) is 10.4 Å². The first-order valence-electron chi connectivity index (χ1n) is 6.83. The summed E-state index contributed by atoms with van der Waals surface area (Å²) in [4.78, 5) is 30.8. The van der Waals surface area contributed by atoms with Crippen LogP contribution in [0, 0.1) is 10.1 Å². The lowest BCUT2D eigenvalue weighted by Gasteiger charge is -2.34. The first kappa shape index (κ1) is 14.5. The van der Waals surface area contributed by atoms with E-state index in [0.29, 0.717) is 18.7 Å². The van der Waals surface area contributed by atoms with Gasteiger partial charge in [0.05, 0.1) is 4.92 Å². The molecular weight excluding hydrogens is 304 g/mol. The van der Waals surface area contributed by atoms with Gasteiger partial charge in [0.25, 0.3) is 11.6 Å². The third-order valence-electron chi connectivity index (χ3n) is 3.58. The molecule has 1 aliphatic rings.